The molecule has 7 heteroatoms. The van der Waals surface area contributed by atoms with Crippen LogP contribution in [0.15, 0.2) is 60.7 Å². The van der Waals surface area contributed by atoms with Crippen LogP contribution in [0, 0.1) is 17.8 Å². The summed E-state index contributed by atoms with van der Waals surface area (Å²) < 4.78 is 13.1. The predicted octanol–water partition coefficient (Wildman–Crippen LogP) is 6.22. The first-order chi connectivity index (χ1) is 20.4. The highest BCUT2D eigenvalue weighted by Gasteiger charge is 2.31. The van der Waals surface area contributed by atoms with Crippen molar-refractivity contribution in [3.63, 3.8) is 0 Å². The number of rotatable bonds is 15. The number of carbonyl (C=O) groups excluding carboxylic acids is 1. The minimum absolute atomic E-state index is 0.0595. The Kier molecular flexibility index (Phi) is 11.1. The van der Waals surface area contributed by atoms with Crippen LogP contribution in [0.25, 0.3) is 0 Å². The Morgan fingerprint density at radius 3 is 1.43 bits per heavy atom. The summed E-state index contributed by atoms with van der Waals surface area (Å²) in [4.78, 5) is 13.0. The van der Waals surface area contributed by atoms with Gasteiger partial charge in [0.25, 0.3) is 0 Å². The van der Waals surface area contributed by atoms with Crippen molar-refractivity contribution in [1.82, 2.24) is 0 Å². The molecule has 0 radical (unpaired) electrons. The van der Waals surface area contributed by atoms with Crippen LogP contribution >= 0.6 is 0 Å². The van der Waals surface area contributed by atoms with E-state index >= 15 is 0 Å². The molecular formula is C37H54N2O5+2. The van der Waals surface area contributed by atoms with Gasteiger partial charge in [-0.05, 0) is 73.2 Å². The van der Waals surface area contributed by atoms with Crippen LogP contribution in [0.2, 0.25) is 0 Å². The van der Waals surface area contributed by atoms with Crippen LogP contribution in [0.1, 0.15) is 60.3 Å². The topological polar surface area (TPSA) is 76.0 Å². The summed E-state index contributed by atoms with van der Waals surface area (Å²) in [5, 5.41) is 19.9. The smallest absolute Gasteiger partial charge is 0.193 e. The molecule has 0 saturated carbocycles. The number of carbonyl (C=O) groups is 1. The average molecular weight is 607 g/mol. The zero-order valence-corrected chi connectivity index (χ0v) is 28.5. The second kappa shape index (κ2) is 13.8. The number of ether oxygens (including phenoxy) is 2. The molecule has 240 valence electrons. The number of nitrogens with zero attached hydrogens (tertiary/aromatic N) is 2. The Balaban J connectivity index is 1.94. The minimum Gasteiger partial charge on any atom is -0.497 e. The molecule has 44 heavy (non-hydrogen) atoms. The van der Waals surface area contributed by atoms with Gasteiger partial charge in [-0.25, -0.2) is 0 Å². The van der Waals surface area contributed by atoms with Gasteiger partial charge < -0.3 is 28.7 Å². The molecule has 3 rings (SSSR count). The van der Waals surface area contributed by atoms with Crippen molar-refractivity contribution in [1.29, 1.82) is 0 Å². The molecule has 0 heterocycles. The summed E-state index contributed by atoms with van der Waals surface area (Å²) in [6.45, 7) is 14.0. The second-order valence-electron chi connectivity index (χ2n) is 15.2. The first kappa shape index (κ1) is 35.3. The van der Waals surface area contributed by atoms with Crippen LogP contribution in [0.3, 0.4) is 0 Å². The minimum atomic E-state index is -0.200. The van der Waals surface area contributed by atoms with Gasteiger partial charge in [-0.3, -0.25) is 4.79 Å². The Morgan fingerprint density at radius 2 is 1.07 bits per heavy atom. The van der Waals surface area contributed by atoms with E-state index in [0.717, 1.165) is 40.9 Å². The predicted molar refractivity (Wildman–Crippen MR) is 177 cm³/mol. The van der Waals surface area contributed by atoms with E-state index in [2.05, 4.69) is 74.9 Å². The summed E-state index contributed by atoms with van der Waals surface area (Å²) in [6.07, 6.45) is 0. The van der Waals surface area contributed by atoms with Gasteiger partial charge in [-0.1, -0.05) is 27.7 Å². The maximum absolute atomic E-state index is 13.0. The van der Waals surface area contributed by atoms with E-state index in [1.54, 1.807) is 43.5 Å². The van der Waals surface area contributed by atoms with Gasteiger partial charge in [0, 0.05) is 33.1 Å². The molecule has 0 fully saturated rings. The molecule has 0 aromatic heterocycles. The fraction of sp³-hybridized carbons (Fsp3) is 0.486. The van der Waals surface area contributed by atoms with E-state index in [1.165, 1.54) is 16.7 Å². The van der Waals surface area contributed by atoms with Crippen molar-refractivity contribution in [2.75, 3.05) is 61.6 Å². The Hall–Kier alpha value is -3.23. The van der Waals surface area contributed by atoms with Gasteiger partial charge in [-0.15, -0.1) is 0 Å². The van der Waals surface area contributed by atoms with Crippen molar-refractivity contribution in [3.05, 3.63) is 88.5 Å². The van der Waals surface area contributed by atoms with Crippen molar-refractivity contribution in [2.24, 2.45) is 10.8 Å². The number of methoxy groups -OCH3 is 1. The lowest BCUT2D eigenvalue weighted by Crippen LogP contribution is -2.47. The fourth-order valence-corrected chi connectivity index (χ4v) is 6.37. The number of hydrogen-bond donors (Lipinski definition) is 2. The largest absolute Gasteiger partial charge is 0.497 e. The van der Waals surface area contributed by atoms with Gasteiger partial charge in [0.05, 0.1) is 61.6 Å². The lowest BCUT2D eigenvalue weighted by Gasteiger charge is -2.38. The second-order valence-corrected chi connectivity index (χ2v) is 15.2. The molecule has 2 N–H and O–H groups in total. The zero-order valence-electron chi connectivity index (χ0n) is 28.5. The van der Waals surface area contributed by atoms with Crippen molar-refractivity contribution >= 4 is 5.78 Å². The van der Waals surface area contributed by atoms with E-state index < -0.39 is 0 Å². The van der Waals surface area contributed by atoms with E-state index in [1.807, 2.05) is 12.1 Å². The number of benzene rings is 3. The molecule has 3 aromatic rings. The van der Waals surface area contributed by atoms with Gasteiger partial charge in [0.15, 0.2) is 5.78 Å². The maximum Gasteiger partial charge on any atom is 0.193 e. The summed E-state index contributed by atoms with van der Waals surface area (Å²) in [5.41, 5.74) is 4.42. The Bertz CT molecular complexity index is 1350. The quantitative estimate of drug-likeness (QED) is 0.159. The Labute approximate surface area is 264 Å². The lowest BCUT2D eigenvalue weighted by atomic mass is 9.91. The SMILES string of the molecule is COc1ccc(C(=O)c2ccc(Oc3cc(C[N+](C)(C)CC(C)(C)CO)c(C)c(C[N+](C)(C)CC(C)(C)CO)c3)cc2)cc1. The van der Waals surface area contributed by atoms with Crippen molar-refractivity contribution in [3.8, 4) is 17.2 Å². The normalized spacial score (nSPS) is 12.7. The number of aliphatic hydroxyl groups is 2. The molecule has 0 saturated heterocycles. The van der Waals surface area contributed by atoms with Crippen LogP contribution < -0.4 is 9.47 Å². The first-order valence-electron chi connectivity index (χ1n) is 15.3. The van der Waals surface area contributed by atoms with E-state index in [-0.39, 0.29) is 29.8 Å². The summed E-state index contributed by atoms with van der Waals surface area (Å²) in [5.74, 6) is 2.05. The van der Waals surface area contributed by atoms with Crippen molar-refractivity contribution < 1.29 is 33.4 Å². The highest BCUT2D eigenvalue weighted by Crippen LogP contribution is 2.32. The molecule has 0 unspecified atom stereocenters. The summed E-state index contributed by atoms with van der Waals surface area (Å²) in [7, 11) is 10.4. The van der Waals surface area contributed by atoms with Crippen molar-refractivity contribution in [2.45, 2.75) is 47.7 Å². The first-order valence-corrected chi connectivity index (χ1v) is 15.3. The average Bonchev–Trinajstić information content (AvgIpc) is 2.94. The van der Waals surface area contributed by atoms with Gasteiger partial charge in [0.1, 0.15) is 30.3 Å². The number of aliphatic hydroxyl groups excluding tert-OH is 2. The van der Waals surface area contributed by atoms with Gasteiger partial charge in [0.2, 0.25) is 0 Å². The van der Waals surface area contributed by atoms with Crippen LogP contribution in [-0.2, 0) is 13.1 Å². The third kappa shape index (κ3) is 9.89. The maximum atomic E-state index is 13.0. The molecule has 0 spiro atoms. The number of hydrogen-bond acceptors (Lipinski definition) is 5. The molecule has 0 aliphatic carbocycles. The standard InChI is InChI=1S/C37H54N2O5/c1-27-30(21-38(6,7)23-36(2,3)25-40)19-34(20-31(27)22-39(8,9)24-37(4,5)26-41)44-33-17-13-29(14-18-33)35(42)28-11-15-32(43-10)16-12-28/h11-20,40-41H,21-26H2,1-10H3/q+2. The Morgan fingerprint density at radius 1 is 0.682 bits per heavy atom. The monoisotopic (exact) mass is 606 g/mol. The third-order valence-electron chi connectivity index (χ3n) is 8.07. The van der Waals surface area contributed by atoms with E-state index in [0.29, 0.717) is 22.6 Å². The summed E-state index contributed by atoms with van der Waals surface area (Å²) >= 11 is 0. The summed E-state index contributed by atoms with van der Waals surface area (Å²) in [6, 6.07) is 18.6. The lowest BCUT2D eigenvalue weighted by molar-refractivity contribution is -0.910. The molecule has 3 aromatic carbocycles. The van der Waals surface area contributed by atoms with Crippen LogP contribution in [0.4, 0.5) is 0 Å². The third-order valence-corrected chi connectivity index (χ3v) is 8.07. The van der Waals surface area contributed by atoms with Crippen LogP contribution in [0.5, 0.6) is 17.2 Å². The van der Waals surface area contributed by atoms with Gasteiger partial charge in [-0.2, -0.15) is 0 Å². The molecule has 0 aliphatic heterocycles. The highest BCUT2D eigenvalue weighted by atomic mass is 16.5. The number of ketones is 1. The van der Waals surface area contributed by atoms with Crippen LogP contribution in [-0.4, -0.2) is 86.6 Å². The highest BCUT2D eigenvalue weighted by molar-refractivity contribution is 6.09. The molecule has 0 aliphatic rings. The fourth-order valence-electron chi connectivity index (χ4n) is 6.37. The van der Waals surface area contributed by atoms with E-state index in [4.69, 9.17) is 9.47 Å². The van der Waals surface area contributed by atoms with E-state index in [9.17, 15) is 15.0 Å². The van der Waals surface area contributed by atoms with Gasteiger partial charge >= 0.3 is 0 Å². The molecule has 7 nitrogen and oxygen atoms in total. The molecule has 0 bridgehead atoms. The number of quaternary nitrogens is 2. The molecule has 0 atom stereocenters. The zero-order chi connectivity index (χ0) is 32.9. The molecular weight excluding hydrogens is 552 g/mol. The molecule has 0 amide bonds.